The topological polar surface area (TPSA) is 0 Å². The molecule has 0 aromatic heterocycles. The fraction of sp³-hybridized carbons (Fsp3) is 0.265. The Labute approximate surface area is 295 Å². The van der Waals surface area contributed by atoms with Gasteiger partial charge in [0.1, 0.15) is 0 Å². The van der Waals surface area contributed by atoms with E-state index in [0.717, 1.165) is 32.1 Å². The molecule has 0 aliphatic carbocycles. The van der Waals surface area contributed by atoms with E-state index in [1.54, 1.807) is 0 Å². The van der Waals surface area contributed by atoms with Crippen molar-refractivity contribution in [2.24, 2.45) is 0 Å². The summed E-state index contributed by atoms with van der Waals surface area (Å²) in [4.78, 5) is 0. The third kappa shape index (κ3) is 9.70. The molecular formula is C49H52. The molecule has 0 aliphatic rings. The van der Waals surface area contributed by atoms with Crippen LogP contribution in [0, 0.1) is 0 Å². The van der Waals surface area contributed by atoms with Gasteiger partial charge in [0.15, 0.2) is 0 Å². The second-order valence-electron chi connectivity index (χ2n) is 14.2. The maximum Gasteiger partial charge on any atom is -0.0150 e. The minimum atomic E-state index is 0.433. The lowest BCUT2D eigenvalue weighted by atomic mass is 9.72. The summed E-state index contributed by atoms with van der Waals surface area (Å²) in [5, 5.41) is 0. The van der Waals surface area contributed by atoms with Crippen LogP contribution in [0.15, 0.2) is 182 Å². The molecule has 0 heteroatoms. The van der Waals surface area contributed by atoms with Crippen LogP contribution in [-0.2, 0) is 0 Å². The van der Waals surface area contributed by atoms with Crippen LogP contribution in [0.25, 0.3) is 0 Å². The normalized spacial score (nSPS) is 15.1. The summed E-state index contributed by atoms with van der Waals surface area (Å²) < 4.78 is 0. The van der Waals surface area contributed by atoms with Crippen molar-refractivity contribution < 1.29 is 0 Å². The molecular weight excluding hydrogens is 589 g/mol. The molecule has 6 aromatic rings. The molecule has 6 aromatic carbocycles. The van der Waals surface area contributed by atoms with E-state index in [4.69, 9.17) is 0 Å². The summed E-state index contributed by atoms with van der Waals surface area (Å²) in [5.41, 5.74) is 8.71. The standard InChI is InChI=1S/C49H52/c1-38(40-21-9-3-10-22-40)33-46(42-25-13-5-14-26-42)35-48(44-29-17-7-18-30-44)37-49(45-31-19-8-20-32-45)36-47(43-27-15-6-16-28-43)34-39(2)41-23-11-4-12-24-41/h3-32,38-39,46-49H,33-37H2,1-2H3. The van der Waals surface area contributed by atoms with E-state index in [1.165, 1.54) is 33.4 Å². The molecule has 49 heavy (non-hydrogen) atoms. The summed E-state index contributed by atoms with van der Waals surface area (Å²) in [6.45, 7) is 4.82. The Kier molecular flexibility index (Phi) is 12.3. The third-order valence-electron chi connectivity index (χ3n) is 10.8. The lowest BCUT2D eigenvalue weighted by Gasteiger charge is -2.32. The number of hydrogen-bond donors (Lipinski definition) is 0. The van der Waals surface area contributed by atoms with E-state index in [0.29, 0.717) is 35.5 Å². The number of benzene rings is 6. The highest BCUT2D eigenvalue weighted by molar-refractivity contribution is 5.30. The highest BCUT2D eigenvalue weighted by Gasteiger charge is 2.28. The minimum absolute atomic E-state index is 0.433. The van der Waals surface area contributed by atoms with Gasteiger partial charge in [-0.3, -0.25) is 0 Å². The van der Waals surface area contributed by atoms with Crippen LogP contribution in [-0.4, -0.2) is 0 Å². The van der Waals surface area contributed by atoms with E-state index in [1.807, 2.05) is 0 Å². The van der Waals surface area contributed by atoms with Crippen molar-refractivity contribution in [2.45, 2.75) is 81.5 Å². The van der Waals surface area contributed by atoms with E-state index < -0.39 is 0 Å². The van der Waals surface area contributed by atoms with Crippen LogP contribution >= 0.6 is 0 Å². The number of rotatable bonds is 16. The molecule has 0 saturated carbocycles. The SMILES string of the molecule is CC(CC(CC(CC(CC(CC(C)c1ccccc1)c1ccccc1)c1ccccc1)c1ccccc1)c1ccccc1)c1ccccc1. The first-order valence-electron chi connectivity index (χ1n) is 18.4. The second kappa shape index (κ2) is 17.6. The van der Waals surface area contributed by atoms with Crippen molar-refractivity contribution in [1.29, 1.82) is 0 Å². The summed E-state index contributed by atoms with van der Waals surface area (Å²) in [7, 11) is 0. The van der Waals surface area contributed by atoms with E-state index in [-0.39, 0.29) is 0 Å². The van der Waals surface area contributed by atoms with E-state index in [9.17, 15) is 0 Å². The van der Waals surface area contributed by atoms with Crippen LogP contribution < -0.4 is 0 Å². The Balaban J connectivity index is 1.34. The van der Waals surface area contributed by atoms with Crippen molar-refractivity contribution in [1.82, 2.24) is 0 Å². The molecule has 0 nitrogen and oxygen atoms in total. The van der Waals surface area contributed by atoms with Crippen LogP contribution in [0.4, 0.5) is 0 Å². The van der Waals surface area contributed by atoms with Gasteiger partial charge >= 0.3 is 0 Å². The van der Waals surface area contributed by atoms with Crippen molar-refractivity contribution in [3.8, 4) is 0 Å². The fourth-order valence-electron chi connectivity index (χ4n) is 8.09. The monoisotopic (exact) mass is 640 g/mol. The fourth-order valence-corrected chi connectivity index (χ4v) is 8.09. The smallest absolute Gasteiger partial charge is 0.0150 e. The number of hydrogen-bond acceptors (Lipinski definition) is 0. The molecule has 0 amide bonds. The first-order valence-corrected chi connectivity index (χ1v) is 18.4. The molecule has 6 unspecified atom stereocenters. The average molecular weight is 641 g/mol. The van der Waals surface area contributed by atoms with Crippen molar-refractivity contribution in [2.75, 3.05) is 0 Å². The van der Waals surface area contributed by atoms with Crippen molar-refractivity contribution >= 4 is 0 Å². The first-order chi connectivity index (χ1) is 24.1. The highest BCUT2D eigenvalue weighted by Crippen LogP contribution is 2.45. The van der Waals surface area contributed by atoms with Crippen LogP contribution in [0.3, 0.4) is 0 Å². The molecule has 0 bridgehead atoms. The molecule has 248 valence electrons. The first kappa shape index (κ1) is 34.2. The van der Waals surface area contributed by atoms with Crippen molar-refractivity contribution in [3.05, 3.63) is 215 Å². The molecule has 0 spiro atoms. The summed E-state index contributed by atoms with van der Waals surface area (Å²) in [6.07, 6.45) is 5.65. The maximum absolute atomic E-state index is 2.41. The third-order valence-corrected chi connectivity index (χ3v) is 10.8. The van der Waals surface area contributed by atoms with Gasteiger partial charge in [-0.25, -0.2) is 0 Å². The summed E-state index contributed by atoms with van der Waals surface area (Å²) in [6, 6.07) is 67.6. The Morgan fingerprint density at radius 2 is 0.429 bits per heavy atom. The van der Waals surface area contributed by atoms with Gasteiger partial charge in [0.25, 0.3) is 0 Å². The van der Waals surface area contributed by atoms with Gasteiger partial charge < -0.3 is 0 Å². The highest BCUT2D eigenvalue weighted by atomic mass is 14.3. The predicted octanol–water partition coefficient (Wildman–Crippen LogP) is 13.7. The van der Waals surface area contributed by atoms with Crippen LogP contribution in [0.5, 0.6) is 0 Å². The van der Waals surface area contributed by atoms with E-state index in [2.05, 4.69) is 196 Å². The quantitative estimate of drug-likeness (QED) is 0.0987. The summed E-state index contributed by atoms with van der Waals surface area (Å²) in [5.74, 6) is 2.75. The van der Waals surface area contributed by atoms with Gasteiger partial charge in [0.05, 0.1) is 0 Å². The Hall–Kier alpha value is -4.68. The Morgan fingerprint density at radius 1 is 0.245 bits per heavy atom. The molecule has 0 saturated heterocycles. The minimum Gasteiger partial charge on any atom is -0.0622 e. The lowest BCUT2D eigenvalue weighted by Crippen LogP contribution is -2.16. The molecule has 6 atom stereocenters. The van der Waals surface area contributed by atoms with Gasteiger partial charge in [-0.05, 0) is 101 Å². The second-order valence-corrected chi connectivity index (χ2v) is 14.2. The molecule has 6 rings (SSSR count). The van der Waals surface area contributed by atoms with Crippen molar-refractivity contribution in [3.63, 3.8) is 0 Å². The Bertz CT molecular complexity index is 1610. The lowest BCUT2D eigenvalue weighted by molar-refractivity contribution is 0.397. The van der Waals surface area contributed by atoms with Gasteiger partial charge in [0, 0.05) is 0 Å². The van der Waals surface area contributed by atoms with Gasteiger partial charge in [0.2, 0.25) is 0 Å². The predicted molar refractivity (Wildman–Crippen MR) is 210 cm³/mol. The molecule has 0 fully saturated rings. The van der Waals surface area contributed by atoms with Gasteiger partial charge in [-0.1, -0.05) is 196 Å². The zero-order valence-electron chi connectivity index (χ0n) is 29.3. The zero-order chi connectivity index (χ0) is 33.7. The van der Waals surface area contributed by atoms with Crippen LogP contribution in [0.2, 0.25) is 0 Å². The molecule has 0 heterocycles. The molecule has 0 N–H and O–H groups in total. The average Bonchev–Trinajstić information content (AvgIpc) is 3.18. The van der Waals surface area contributed by atoms with Crippen LogP contribution in [0.1, 0.15) is 115 Å². The van der Waals surface area contributed by atoms with E-state index >= 15 is 0 Å². The van der Waals surface area contributed by atoms with Gasteiger partial charge in [-0.15, -0.1) is 0 Å². The van der Waals surface area contributed by atoms with Gasteiger partial charge in [-0.2, -0.15) is 0 Å². The molecule has 0 radical (unpaired) electrons. The maximum atomic E-state index is 2.41. The largest absolute Gasteiger partial charge is 0.0622 e. The zero-order valence-corrected chi connectivity index (χ0v) is 29.3. The Morgan fingerprint density at radius 3 is 0.653 bits per heavy atom. The summed E-state index contributed by atoms with van der Waals surface area (Å²) >= 11 is 0. The molecule has 0 aliphatic heterocycles.